The molecule has 1 N–H and O–H groups in total. The Hall–Kier alpha value is -1.06. The molecule has 0 aliphatic heterocycles. The maximum atomic E-state index is 3.81. The number of hydrogen-bond donors (Lipinski definition) is 1. The zero-order chi connectivity index (χ0) is 6.69. The predicted molar refractivity (Wildman–Crippen MR) is 35.3 cm³/mol. The molecule has 0 aromatic carbocycles. The van der Waals surface area contributed by atoms with E-state index in [1.807, 2.05) is 11.9 Å². The molecule has 1 aromatic heterocycles. The van der Waals surface area contributed by atoms with Crippen molar-refractivity contribution >= 4 is 5.95 Å². The van der Waals surface area contributed by atoms with Gasteiger partial charge in [-0.3, -0.25) is 0 Å². The highest BCUT2D eigenvalue weighted by atomic mass is 15.3. The highest BCUT2D eigenvalue weighted by molar-refractivity contribution is 5.23. The lowest BCUT2D eigenvalue weighted by molar-refractivity contribution is 0.905. The largest absolute Gasteiger partial charge is 0.344 e. The number of H-pyrrole nitrogens is 1. The normalized spacial score (nSPS) is 9.56. The molecule has 0 fully saturated rings. The summed E-state index contributed by atoms with van der Waals surface area (Å²) in [5.74, 6) is 0.817. The molecule has 0 radical (unpaired) electrons. The number of aromatic nitrogens is 3. The van der Waals surface area contributed by atoms with E-state index in [-0.39, 0.29) is 0 Å². The molecule has 4 heteroatoms. The first-order valence-electron chi connectivity index (χ1n) is 2.91. The Balaban J connectivity index is 2.65. The molecule has 4 nitrogen and oxygen atoms in total. The Morgan fingerprint density at radius 1 is 1.78 bits per heavy atom. The van der Waals surface area contributed by atoms with Gasteiger partial charge < -0.3 is 9.88 Å². The van der Waals surface area contributed by atoms with Crippen molar-refractivity contribution in [2.45, 2.75) is 6.92 Å². The maximum Gasteiger partial charge on any atom is 0.224 e. The summed E-state index contributed by atoms with van der Waals surface area (Å²) in [6.07, 6.45) is 1.57. The van der Waals surface area contributed by atoms with E-state index in [1.165, 1.54) is 0 Å². The number of rotatable bonds is 2. The molecule has 0 saturated heterocycles. The highest BCUT2D eigenvalue weighted by Crippen LogP contribution is 1.98. The Kier molecular flexibility index (Phi) is 1.67. The summed E-state index contributed by atoms with van der Waals surface area (Å²) < 4.78 is 0. The number of nitrogens with one attached hydrogen (secondary N) is 1. The summed E-state index contributed by atoms with van der Waals surface area (Å²) >= 11 is 0. The van der Waals surface area contributed by atoms with E-state index in [2.05, 4.69) is 22.1 Å². The molecular formula is C5H10N4. The molecule has 0 amide bonds. The van der Waals surface area contributed by atoms with Crippen molar-refractivity contribution in [1.82, 2.24) is 15.2 Å². The van der Waals surface area contributed by atoms with Crippen molar-refractivity contribution in [2.24, 2.45) is 0 Å². The van der Waals surface area contributed by atoms with Crippen molar-refractivity contribution in [3.05, 3.63) is 6.33 Å². The van der Waals surface area contributed by atoms with Gasteiger partial charge in [-0.25, -0.2) is 0 Å². The standard InChI is InChI=1S/C5H10N4/c1-3-9(2)5-6-4-7-8-5/h4H,3H2,1-2H3,(H,6,7,8). The third-order valence-electron chi connectivity index (χ3n) is 1.24. The molecule has 0 spiro atoms. The Morgan fingerprint density at radius 3 is 3.00 bits per heavy atom. The molecule has 9 heavy (non-hydrogen) atoms. The van der Waals surface area contributed by atoms with E-state index < -0.39 is 0 Å². The van der Waals surface area contributed by atoms with Gasteiger partial charge in [-0.1, -0.05) is 0 Å². The summed E-state index contributed by atoms with van der Waals surface area (Å²) in [5, 5.41) is 7.45. The summed E-state index contributed by atoms with van der Waals surface area (Å²) in [4.78, 5) is 4.87. The maximum absolute atomic E-state index is 3.81. The zero-order valence-electron chi connectivity index (χ0n) is 5.63. The molecule has 0 aliphatic rings. The van der Waals surface area contributed by atoms with Crippen molar-refractivity contribution in [3.63, 3.8) is 0 Å². The van der Waals surface area contributed by atoms with Crippen molar-refractivity contribution < 1.29 is 0 Å². The van der Waals surface area contributed by atoms with Crippen molar-refractivity contribution in [3.8, 4) is 0 Å². The molecular weight excluding hydrogens is 116 g/mol. The minimum absolute atomic E-state index is 0.817. The van der Waals surface area contributed by atoms with Gasteiger partial charge in [0, 0.05) is 13.6 Å². The quantitative estimate of drug-likeness (QED) is 0.618. The molecule has 0 bridgehead atoms. The van der Waals surface area contributed by atoms with Crippen molar-refractivity contribution in [2.75, 3.05) is 18.5 Å². The van der Waals surface area contributed by atoms with E-state index >= 15 is 0 Å². The second-order valence-electron chi connectivity index (χ2n) is 1.83. The first kappa shape index (κ1) is 6.07. The van der Waals surface area contributed by atoms with E-state index in [0.717, 1.165) is 12.5 Å². The Labute approximate surface area is 53.9 Å². The van der Waals surface area contributed by atoms with Crippen LogP contribution in [0.25, 0.3) is 0 Å². The first-order valence-corrected chi connectivity index (χ1v) is 2.91. The number of nitrogens with zero attached hydrogens (tertiary/aromatic N) is 3. The molecule has 1 rings (SSSR count). The third-order valence-corrected chi connectivity index (χ3v) is 1.24. The van der Waals surface area contributed by atoms with Crippen LogP contribution in [0.4, 0.5) is 5.95 Å². The van der Waals surface area contributed by atoms with Gasteiger partial charge in [0.1, 0.15) is 6.33 Å². The highest BCUT2D eigenvalue weighted by Gasteiger charge is 1.97. The molecule has 0 unspecified atom stereocenters. The van der Waals surface area contributed by atoms with Gasteiger partial charge in [0.25, 0.3) is 0 Å². The Bertz CT molecular complexity index is 157. The topological polar surface area (TPSA) is 44.8 Å². The van der Waals surface area contributed by atoms with Gasteiger partial charge >= 0.3 is 0 Å². The predicted octanol–water partition coefficient (Wildman–Crippen LogP) is 0.261. The van der Waals surface area contributed by atoms with E-state index in [0.29, 0.717) is 0 Å². The van der Waals surface area contributed by atoms with Gasteiger partial charge in [0.2, 0.25) is 5.95 Å². The van der Waals surface area contributed by atoms with Crippen LogP contribution in [-0.2, 0) is 0 Å². The number of aromatic amines is 1. The average Bonchev–Trinajstić information content (AvgIpc) is 2.37. The summed E-state index contributed by atoms with van der Waals surface area (Å²) in [7, 11) is 1.96. The monoisotopic (exact) mass is 126 g/mol. The molecule has 0 atom stereocenters. The second-order valence-corrected chi connectivity index (χ2v) is 1.83. The zero-order valence-corrected chi connectivity index (χ0v) is 5.63. The summed E-state index contributed by atoms with van der Waals surface area (Å²) in [6.45, 7) is 3.00. The lowest BCUT2D eigenvalue weighted by Gasteiger charge is -2.10. The van der Waals surface area contributed by atoms with Crippen LogP contribution in [0.15, 0.2) is 6.33 Å². The SMILES string of the molecule is CCN(C)c1nnc[nH]1. The summed E-state index contributed by atoms with van der Waals surface area (Å²) in [6, 6.07) is 0. The van der Waals surface area contributed by atoms with E-state index in [4.69, 9.17) is 0 Å². The van der Waals surface area contributed by atoms with Crippen LogP contribution in [-0.4, -0.2) is 28.8 Å². The lowest BCUT2D eigenvalue weighted by Crippen LogP contribution is -2.16. The molecule has 1 aromatic rings. The molecule has 1 heterocycles. The molecule has 0 aliphatic carbocycles. The minimum atomic E-state index is 0.817. The van der Waals surface area contributed by atoms with Gasteiger partial charge in [-0.15, -0.1) is 10.2 Å². The lowest BCUT2D eigenvalue weighted by atomic mass is 10.6. The van der Waals surface area contributed by atoms with Crippen LogP contribution >= 0.6 is 0 Å². The van der Waals surface area contributed by atoms with Gasteiger partial charge in [-0.2, -0.15) is 0 Å². The average molecular weight is 126 g/mol. The van der Waals surface area contributed by atoms with Gasteiger partial charge in [-0.05, 0) is 6.92 Å². The first-order chi connectivity index (χ1) is 4.34. The van der Waals surface area contributed by atoms with Gasteiger partial charge in [0.15, 0.2) is 0 Å². The van der Waals surface area contributed by atoms with E-state index in [9.17, 15) is 0 Å². The van der Waals surface area contributed by atoms with Gasteiger partial charge in [0.05, 0.1) is 0 Å². The number of anilines is 1. The van der Waals surface area contributed by atoms with Crippen LogP contribution in [0, 0.1) is 0 Å². The van der Waals surface area contributed by atoms with Crippen LogP contribution in [0.1, 0.15) is 6.92 Å². The van der Waals surface area contributed by atoms with E-state index in [1.54, 1.807) is 6.33 Å². The van der Waals surface area contributed by atoms with Crippen LogP contribution < -0.4 is 4.90 Å². The molecule has 50 valence electrons. The fraction of sp³-hybridized carbons (Fsp3) is 0.600. The second kappa shape index (κ2) is 2.48. The number of hydrogen-bond acceptors (Lipinski definition) is 3. The summed E-state index contributed by atoms with van der Waals surface area (Å²) in [5.41, 5.74) is 0. The fourth-order valence-corrected chi connectivity index (χ4v) is 0.535. The van der Waals surface area contributed by atoms with Crippen LogP contribution in [0.2, 0.25) is 0 Å². The molecule has 0 saturated carbocycles. The van der Waals surface area contributed by atoms with Crippen molar-refractivity contribution in [1.29, 1.82) is 0 Å². The van der Waals surface area contributed by atoms with Crippen LogP contribution in [0.5, 0.6) is 0 Å². The fourth-order valence-electron chi connectivity index (χ4n) is 0.535. The van der Waals surface area contributed by atoms with Crippen LogP contribution in [0.3, 0.4) is 0 Å². The third kappa shape index (κ3) is 1.19. The Morgan fingerprint density at radius 2 is 2.56 bits per heavy atom. The minimum Gasteiger partial charge on any atom is -0.344 e. The smallest absolute Gasteiger partial charge is 0.224 e.